The van der Waals surface area contributed by atoms with Crippen LogP contribution in [0.25, 0.3) is 0 Å². The van der Waals surface area contributed by atoms with E-state index in [1.54, 1.807) is 11.3 Å². The van der Waals surface area contributed by atoms with Crippen molar-refractivity contribution in [2.45, 2.75) is 19.4 Å². The largest absolute Gasteiger partial charge is 0.346 e. The summed E-state index contributed by atoms with van der Waals surface area (Å²) in [5.41, 5.74) is 7.34. The van der Waals surface area contributed by atoms with Crippen molar-refractivity contribution in [1.29, 1.82) is 0 Å². The third-order valence-corrected chi connectivity index (χ3v) is 5.44. The number of carbonyl (C=O) groups is 1. The van der Waals surface area contributed by atoms with Gasteiger partial charge in [-0.25, -0.2) is 4.98 Å². The first-order valence-electron chi connectivity index (χ1n) is 8.40. The fourth-order valence-electron chi connectivity index (χ4n) is 3.11. The summed E-state index contributed by atoms with van der Waals surface area (Å²) in [6.07, 6.45) is 2.79. The molecule has 0 bridgehead atoms. The van der Waals surface area contributed by atoms with Gasteiger partial charge in [-0.1, -0.05) is 37.3 Å². The summed E-state index contributed by atoms with van der Waals surface area (Å²) in [5, 5.41) is 3.03. The van der Waals surface area contributed by atoms with Gasteiger partial charge in [0.15, 0.2) is 5.13 Å². The number of thiazole rings is 1. The summed E-state index contributed by atoms with van der Waals surface area (Å²) in [7, 11) is 0. The fraction of sp³-hybridized carbons (Fsp3) is 0.444. The Morgan fingerprint density at radius 3 is 2.54 bits per heavy atom. The van der Waals surface area contributed by atoms with Crippen LogP contribution in [-0.4, -0.2) is 42.0 Å². The van der Waals surface area contributed by atoms with E-state index >= 15 is 0 Å². The second-order valence-corrected chi connectivity index (χ2v) is 7.08. The van der Waals surface area contributed by atoms with Gasteiger partial charge in [0.25, 0.3) is 0 Å². The minimum atomic E-state index is -0.267. The molecule has 1 fully saturated rings. The van der Waals surface area contributed by atoms with E-state index in [1.807, 2.05) is 53.7 Å². The maximum Gasteiger partial charge on any atom is 0.227 e. The minimum Gasteiger partial charge on any atom is -0.346 e. The molecule has 8 heteroatoms. The summed E-state index contributed by atoms with van der Waals surface area (Å²) in [6.45, 7) is 5.21. The summed E-state index contributed by atoms with van der Waals surface area (Å²) >= 11 is 1.65. The average molecular weight is 417 g/mol. The molecule has 1 amide bonds. The molecule has 1 aliphatic heterocycles. The summed E-state index contributed by atoms with van der Waals surface area (Å²) in [5.74, 6) is -0.0776. The van der Waals surface area contributed by atoms with E-state index in [0.29, 0.717) is 0 Å². The lowest BCUT2D eigenvalue weighted by atomic mass is 9.94. The first kappa shape index (κ1) is 22.7. The molecule has 2 aromatic rings. The van der Waals surface area contributed by atoms with E-state index in [0.717, 1.165) is 43.3 Å². The quantitative estimate of drug-likeness (QED) is 0.829. The van der Waals surface area contributed by atoms with Crippen LogP contribution >= 0.6 is 36.2 Å². The van der Waals surface area contributed by atoms with E-state index in [9.17, 15) is 4.79 Å². The number of benzene rings is 1. The predicted octanol–water partition coefficient (Wildman–Crippen LogP) is 3.36. The molecule has 0 aliphatic carbocycles. The lowest BCUT2D eigenvalue weighted by Gasteiger charge is -2.27. The molecule has 1 saturated heterocycles. The van der Waals surface area contributed by atoms with Crippen molar-refractivity contribution in [2.24, 2.45) is 11.7 Å². The molecule has 0 saturated carbocycles. The van der Waals surface area contributed by atoms with Crippen LogP contribution in [0.5, 0.6) is 0 Å². The molecular formula is C18H26Cl2N4OS. The van der Waals surface area contributed by atoms with Crippen molar-refractivity contribution in [3.05, 3.63) is 47.5 Å². The van der Waals surface area contributed by atoms with Crippen LogP contribution in [-0.2, 0) is 4.79 Å². The molecule has 26 heavy (non-hydrogen) atoms. The van der Waals surface area contributed by atoms with Crippen molar-refractivity contribution in [3.63, 3.8) is 0 Å². The van der Waals surface area contributed by atoms with Gasteiger partial charge in [-0.15, -0.1) is 36.2 Å². The predicted molar refractivity (Wildman–Crippen MR) is 113 cm³/mol. The lowest BCUT2D eigenvalue weighted by Crippen LogP contribution is -2.41. The van der Waals surface area contributed by atoms with Gasteiger partial charge >= 0.3 is 0 Å². The Kier molecular flexibility index (Phi) is 9.36. The summed E-state index contributed by atoms with van der Waals surface area (Å²) in [6, 6.07) is 9.60. The highest BCUT2D eigenvalue weighted by Crippen LogP contribution is 2.23. The van der Waals surface area contributed by atoms with Crippen LogP contribution in [0.3, 0.4) is 0 Å². The zero-order valence-electron chi connectivity index (χ0n) is 14.8. The topological polar surface area (TPSA) is 62.5 Å². The molecular weight excluding hydrogens is 391 g/mol. The molecule has 2 N–H and O–H groups in total. The molecule has 3 rings (SSSR count). The maximum atomic E-state index is 12.9. The van der Waals surface area contributed by atoms with Crippen LogP contribution in [0.4, 0.5) is 5.13 Å². The molecule has 1 aromatic heterocycles. The molecule has 0 radical (unpaired) electrons. The van der Waals surface area contributed by atoms with Crippen molar-refractivity contribution in [3.8, 4) is 0 Å². The minimum absolute atomic E-state index is 0. The second-order valence-electron chi connectivity index (χ2n) is 6.21. The first-order chi connectivity index (χ1) is 11.7. The number of hydrogen-bond donors (Lipinski definition) is 1. The highest BCUT2D eigenvalue weighted by molar-refractivity contribution is 7.13. The highest BCUT2D eigenvalue weighted by Gasteiger charge is 2.28. The summed E-state index contributed by atoms with van der Waals surface area (Å²) < 4.78 is 0. The van der Waals surface area contributed by atoms with Gasteiger partial charge in [-0.2, -0.15) is 0 Å². The number of hydrogen-bond acceptors (Lipinski definition) is 5. The molecule has 2 heterocycles. The van der Waals surface area contributed by atoms with Gasteiger partial charge < -0.3 is 15.5 Å². The monoisotopic (exact) mass is 416 g/mol. The maximum absolute atomic E-state index is 12.9. The average Bonchev–Trinajstić information content (AvgIpc) is 3.05. The van der Waals surface area contributed by atoms with E-state index in [2.05, 4.69) is 9.88 Å². The van der Waals surface area contributed by atoms with Gasteiger partial charge in [-0.3, -0.25) is 4.79 Å². The third kappa shape index (κ3) is 5.33. The zero-order valence-corrected chi connectivity index (χ0v) is 17.2. The van der Waals surface area contributed by atoms with Crippen molar-refractivity contribution < 1.29 is 4.79 Å². The second kappa shape index (κ2) is 10.7. The Bertz CT molecular complexity index is 656. The van der Waals surface area contributed by atoms with Crippen LogP contribution in [0.1, 0.15) is 24.9 Å². The smallest absolute Gasteiger partial charge is 0.227 e. The Morgan fingerprint density at radius 1 is 1.15 bits per heavy atom. The van der Waals surface area contributed by atoms with E-state index in [4.69, 9.17) is 5.73 Å². The fourth-order valence-corrected chi connectivity index (χ4v) is 3.80. The summed E-state index contributed by atoms with van der Waals surface area (Å²) in [4.78, 5) is 21.5. The molecule has 1 aromatic carbocycles. The number of amides is 1. The van der Waals surface area contributed by atoms with Gasteiger partial charge in [-0.05, 0) is 12.0 Å². The molecule has 2 unspecified atom stereocenters. The Labute approximate surface area is 171 Å². The molecule has 0 spiro atoms. The van der Waals surface area contributed by atoms with Gasteiger partial charge in [0, 0.05) is 43.8 Å². The number of halogens is 2. The standard InChI is InChI=1S/C18H24N4OS.2ClH/c1-14(16(19)15-6-3-2-4-7-15)17(23)21-9-5-10-22(12-11-21)18-20-8-13-24-18;;/h2-4,6-8,13-14,16H,5,9-12,19H2,1H3;2*1H. The number of carbonyl (C=O) groups excluding carboxylic acids is 1. The molecule has 1 aliphatic rings. The Morgan fingerprint density at radius 2 is 1.88 bits per heavy atom. The van der Waals surface area contributed by atoms with Crippen LogP contribution < -0.4 is 10.6 Å². The van der Waals surface area contributed by atoms with Crippen LogP contribution in [0.2, 0.25) is 0 Å². The first-order valence-corrected chi connectivity index (χ1v) is 9.28. The van der Waals surface area contributed by atoms with Gasteiger partial charge in [0.1, 0.15) is 0 Å². The van der Waals surface area contributed by atoms with E-state index in [-0.39, 0.29) is 42.7 Å². The third-order valence-electron chi connectivity index (χ3n) is 4.61. The lowest BCUT2D eigenvalue weighted by molar-refractivity contribution is -0.135. The molecule has 144 valence electrons. The highest BCUT2D eigenvalue weighted by atomic mass is 35.5. The van der Waals surface area contributed by atoms with E-state index < -0.39 is 0 Å². The SMILES string of the molecule is CC(C(=O)N1CCCN(c2nccs2)CC1)C(N)c1ccccc1.Cl.Cl. The number of nitrogens with zero attached hydrogens (tertiary/aromatic N) is 3. The van der Waals surface area contributed by atoms with Crippen molar-refractivity contribution in [1.82, 2.24) is 9.88 Å². The molecule has 5 nitrogen and oxygen atoms in total. The zero-order chi connectivity index (χ0) is 16.9. The van der Waals surface area contributed by atoms with Crippen molar-refractivity contribution in [2.75, 3.05) is 31.1 Å². The number of nitrogens with two attached hydrogens (primary N) is 1. The number of anilines is 1. The number of rotatable bonds is 4. The van der Waals surface area contributed by atoms with E-state index in [1.165, 1.54) is 0 Å². The van der Waals surface area contributed by atoms with Crippen LogP contribution in [0.15, 0.2) is 41.9 Å². The van der Waals surface area contributed by atoms with Crippen LogP contribution in [0, 0.1) is 5.92 Å². The Balaban J connectivity index is 0.00000169. The van der Waals surface area contributed by atoms with Gasteiger partial charge in [0.2, 0.25) is 5.91 Å². The number of aromatic nitrogens is 1. The Hall–Kier alpha value is -1.34. The molecule has 2 atom stereocenters. The van der Waals surface area contributed by atoms with Gasteiger partial charge in [0.05, 0.1) is 5.92 Å². The normalized spacial score (nSPS) is 16.7. The van der Waals surface area contributed by atoms with Crippen molar-refractivity contribution >= 4 is 47.2 Å².